The number of benzene rings is 1. The number of pyridine rings is 1. The average Bonchev–Trinajstić information content (AvgIpc) is 2.76. The molecular weight excluding hydrogens is 398 g/mol. The zero-order valence-electron chi connectivity index (χ0n) is 17.4. The van der Waals surface area contributed by atoms with Gasteiger partial charge >= 0.3 is 5.63 Å². The lowest BCUT2D eigenvalue weighted by molar-refractivity contribution is 0.0696. The first kappa shape index (κ1) is 20.6. The van der Waals surface area contributed by atoms with Crippen molar-refractivity contribution in [3.8, 4) is 0 Å². The Morgan fingerprint density at radius 3 is 2.55 bits per heavy atom. The Labute approximate surface area is 178 Å². The number of nitrogens with one attached hydrogen (secondary N) is 1. The average molecular weight is 421 g/mol. The summed E-state index contributed by atoms with van der Waals surface area (Å²) in [5.41, 5.74) is -0.912. The summed E-state index contributed by atoms with van der Waals surface area (Å²) in [5, 5.41) is 3.06. The Bertz CT molecular complexity index is 1280. The van der Waals surface area contributed by atoms with Crippen molar-refractivity contribution < 1.29 is 14.0 Å². The maximum absolute atomic E-state index is 12.9. The lowest BCUT2D eigenvalue weighted by Crippen LogP contribution is -2.38. The van der Waals surface area contributed by atoms with Crippen molar-refractivity contribution >= 4 is 28.5 Å². The fourth-order valence-corrected chi connectivity index (χ4v) is 3.72. The van der Waals surface area contributed by atoms with Gasteiger partial charge in [0.1, 0.15) is 16.8 Å². The Balaban J connectivity index is 1.63. The molecule has 0 unspecified atom stereocenters. The van der Waals surface area contributed by atoms with E-state index in [2.05, 4.69) is 12.2 Å². The molecule has 3 heterocycles. The highest BCUT2D eigenvalue weighted by Crippen LogP contribution is 2.19. The topological polar surface area (TPSA) is 102 Å². The minimum atomic E-state index is -0.803. The molecule has 1 aliphatic heterocycles. The number of rotatable bonds is 3. The van der Waals surface area contributed by atoms with E-state index in [4.69, 9.17) is 4.42 Å². The van der Waals surface area contributed by atoms with Crippen molar-refractivity contribution in [1.29, 1.82) is 0 Å². The van der Waals surface area contributed by atoms with Gasteiger partial charge in [0.2, 0.25) is 0 Å². The van der Waals surface area contributed by atoms with E-state index in [-0.39, 0.29) is 17.2 Å². The van der Waals surface area contributed by atoms with Gasteiger partial charge in [-0.3, -0.25) is 14.4 Å². The van der Waals surface area contributed by atoms with Gasteiger partial charge in [-0.05, 0) is 37.0 Å². The maximum Gasteiger partial charge on any atom is 0.349 e. The number of carbonyl (C=O) groups excluding carboxylic acids is 2. The number of hydrogen-bond acceptors (Lipinski definition) is 5. The summed E-state index contributed by atoms with van der Waals surface area (Å²) in [6, 6.07) is 9.61. The minimum absolute atomic E-state index is 0.0729. The van der Waals surface area contributed by atoms with Crippen LogP contribution in [0.25, 0.3) is 11.0 Å². The molecule has 160 valence electrons. The smallest absolute Gasteiger partial charge is 0.349 e. The first-order chi connectivity index (χ1) is 14.8. The molecule has 2 amide bonds. The molecular formula is C23H23N3O5. The highest BCUT2D eigenvalue weighted by molar-refractivity contribution is 6.06. The van der Waals surface area contributed by atoms with Crippen molar-refractivity contribution in [3.63, 3.8) is 0 Å². The van der Waals surface area contributed by atoms with Crippen molar-refractivity contribution in [2.75, 3.05) is 18.4 Å². The van der Waals surface area contributed by atoms with E-state index in [0.29, 0.717) is 35.5 Å². The van der Waals surface area contributed by atoms with E-state index in [1.54, 1.807) is 29.2 Å². The SMILES string of the molecule is CC1CCN(C(=O)c2cc(NC(=O)c3cc4ccccc4oc3=O)c(=O)n(C)c2)CC1. The van der Waals surface area contributed by atoms with E-state index in [0.717, 1.165) is 12.8 Å². The lowest BCUT2D eigenvalue weighted by Gasteiger charge is -2.30. The third-order valence-electron chi connectivity index (χ3n) is 5.64. The van der Waals surface area contributed by atoms with Gasteiger partial charge in [0.05, 0.1) is 5.56 Å². The summed E-state index contributed by atoms with van der Waals surface area (Å²) < 4.78 is 6.44. The highest BCUT2D eigenvalue weighted by atomic mass is 16.4. The Hall–Kier alpha value is -3.68. The van der Waals surface area contributed by atoms with E-state index in [1.807, 2.05) is 0 Å². The van der Waals surface area contributed by atoms with E-state index in [9.17, 15) is 19.2 Å². The summed E-state index contributed by atoms with van der Waals surface area (Å²) in [6.07, 6.45) is 3.32. The molecule has 1 saturated heterocycles. The van der Waals surface area contributed by atoms with Crippen molar-refractivity contribution in [1.82, 2.24) is 9.47 Å². The summed E-state index contributed by atoms with van der Waals surface area (Å²) in [7, 11) is 1.51. The number of amides is 2. The first-order valence-electron chi connectivity index (χ1n) is 10.2. The number of hydrogen-bond donors (Lipinski definition) is 1. The van der Waals surface area contributed by atoms with Crippen LogP contribution in [0.4, 0.5) is 5.69 Å². The van der Waals surface area contributed by atoms with Crippen LogP contribution in [0, 0.1) is 5.92 Å². The maximum atomic E-state index is 12.9. The van der Waals surface area contributed by atoms with Gasteiger partial charge in [0.15, 0.2) is 0 Å². The summed E-state index contributed by atoms with van der Waals surface area (Å²) >= 11 is 0. The van der Waals surface area contributed by atoms with Crippen LogP contribution in [0.5, 0.6) is 0 Å². The predicted molar refractivity (Wildman–Crippen MR) is 116 cm³/mol. The molecule has 31 heavy (non-hydrogen) atoms. The molecule has 1 fully saturated rings. The van der Waals surface area contributed by atoms with Gasteiger partial charge < -0.3 is 19.2 Å². The van der Waals surface area contributed by atoms with Crippen molar-refractivity contribution in [3.05, 3.63) is 74.5 Å². The molecule has 2 aromatic heterocycles. The Morgan fingerprint density at radius 2 is 1.81 bits per heavy atom. The molecule has 0 radical (unpaired) electrons. The molecule has 0 bridgehead atoms. The minimum Gasteiger partial charge on any atom is -0.422 e. The second kappa shape index (κ2) is 8.22. The first-order valence-corrected chi connectivity index (χ1v) is 10.2. The van der Waals surface area contributed by atoms with Crippen LogP contribution in [-0.2, 0) is 7.05 Å². The standard InChI is InChI=1S/C23H23N3O5/c1-14-7-9-26(10-8-14)21(28)16-12-18(22(29)25(2)13-16)24-20(27)17-11-15-5-3-4-6-19(15)31-23(17)30/h3-6,11-14H,7-10H2,1-2H3,(H,24,27). The summed E-state index contributed by atoms with van der Waals surface area (Å²) in [5.74, 6) is -0.385. The van der Waals surface area contributed by atoms with Gasteiger partial charge in [0, 0.05) is 31.7 Å². The molecule has 0 aliphatic carbocycles. The summed E-state index contributed by atoms with van der Waals surface area (Å²) in [6.45, 7) is 3.47. The highest BCUT2D eigenvalue weighted by Gasteiger charge is 2.23. The molecule has 4 rings (SSSR count). The van der Waals surface area contributed by atoms with Gasteiger partial charge in [0.25, 0.3) is 17.4 Å². The van der Waals surface area contributed by atoms with Crippen LogP contribution >= 0.6 is 0 Å². The van der Waals surface area contributed by atoms with Crippen LogP contribution in [0.1, 0.15) is 40.5 Å². The normalized spacial score (nSPS) is 14.6. The van der Waals surface area contributed by atoms with Gasteiger partial charge in [-0.2, -0.15) is 0 Å². The molecule has 0 atom stereocenters. The molecule has 8 heteroatoms. The molecule has 1 aliphatic rings. The molecule has 0 spiro atoms. The monoisotopic (exact) mass is 421 g/mol. The molecule has 8 nitrogen and oxygen atoms in total. The van der Waals surface area contributed by atoms with Gasteiger partial charge in [-0.1, -0.05) is 25.1 Å². The van der Waals surface area contributed by atoms with E-state index < -0.39 is 17.1 Å². The molecule has 1 aromatic carbocycles. The van der Waals surface area contributed by atoms with Crippen molar-refractivity contribution in [2.45, 2.75) is 19.8 Å². The fourth-order valence-electron chi connectivity index (χ4n) is 3.72. The number of nitrogens with zero attached hydrogens (tertiary/aromatic N) is 2. The number of para-hydroxylation sites is 1. The second-order valence-electron chi connectivity index (χ2n) is 7.97. The Kier molecular flexibility index (Phi) is 5.46. The summed E-state index contributed by atoms with van der Waals surface area (Å²) in [4.78, 5) is 52.2. The van der Waals surface area contributed by atoms with Crippen LogP contribution in [-0.4, -0.2) is 34.4 Å². The number of aromatic nitrogens is 1. The second-order valence-corrected chi connectivity index (χ2v) is 7.97. The van der Waals surface area contributed by atoms with Crippen molar-refractivity contribution in [2.24, 2.45) is 13.0 Å². The predicted octanol–water partition coefficient (Wildman–Crippen LogP) is 2.62. The van der Waals surface area contributed by atoms with Gasteiger partial charge in [-0.15, -0.1) is 0 Å². The van der Waals surface area contributed by atoms with E-state index in [1.165, 1.54) is 29.9 Å². The number of piperidine rings is 1. The van der Waals surface area contributed by atoms with Crippen LogP contribution in [0.3, 0.4) is 0 Å². The molecule has 3 aromatic rings. The van der Waals surface area contributed by atoms with Crippen LogP contribution in [0.2, 0.25) is 0 Å². The molecule has 0 saturated carbocycles. The number of fused-ring (bicyclic) bond motifs is 1. The van der Waals surface area contributed by atoms with Crippen LogP contribution in [0.15, 0.2) is 56.6 Å². The molecule has 1 N–H and O–H groups in total. The third kappa shape index (κ3) is 4.14. The zero-order valence-corrected chi connectivity index (χ0v) is 17.4. The number of aryl methyl sites for hydroxylation is 1. The number of anilines is 1. The number of carbonyl (C=O) groups is 2. The van der Waals surface area contributed by atoms with E-state index >= 15 is 0 Å². The third-order valence-corrected chi connectivity index (χ3v) is 5.64. The van der Waals surface area contributed by atoms with Gasteiger partial charge in [-0.25, -0.2) is 4.79 Å². The largest absolute Gasteiger partial charge is 0.422 e. The Morgan fingerprint density at radius 1 is 1.10 bits per heavy atom. The zero-order chi connectivity index (χ0) is 22.1. The quantitative estimate of drug-likeness (QED) is 0.655. The number of likely N-dealkylation sites (tertiary alicyclic amines) is 1. The van der Waals surface area contributed by atoms with Crippen LogP contribution < -0.4 is 16.5 Å². The fraction of sp³-hybridized carbons (Fsp3) is 0.304. The lowest BCUT2D eigenvalue weighted by atomic mass is 9.99.